The molecule has 1 aromatic heterocycles. The molecule has 1 aliphatic rings. The molecule has 1 fully saturated rings. The predicted octanol–water partition coefficient (Wildman–Crippen LogP) is 3.72. The number of ether oxygens (including phenoxy) is 1. The van der Waals surface area contributed by atoms with E-state index in [1.165, 1.54) is 0 Å². The van der Waals surface area contributed by atoms with E-state index in [-0.39, 0.29) is 24.8 Å². The Kier molecular flexibility index (Phi) is 5.08. The van der Waals surface area contributed by atoms with Crippen LogP contribution in [0.2, 0.25) is 0 Å². The van der Waals surface area contributed by atoms with Crippen LogP contribution in [-0.2, 0) is 0 Å². The van der Waals surface area contributed by atoms with Gasteiger partial charge in [0.15, 0.2) is 0 Å². The van der Waals surface area contributed by atoms with Crippen LogP contribution in [0.25, 0.3) is 0 Å². The molecule has 118 valence electrons. The van der Waals surface area contributed by atoms with E-state index >= 15 is 0 Å². The van der Waals surface area contributed by atoms with Crippen molar-refractivity contribution in [2.45, 2.75) is 37.9 Å². The first-order valence-corrected chi connectivity index (χ1v) is 7.20. The Labute approximate surface area is 122 Å². The van der Waals surface area contributed by atoms with Gasteiger partial charge in [-0.2, -0.15) is 13.2 Å². The topological polar surface area (TPSA) is 34.2 Å². The zero-order valence-electron chi connectivity index (χ0n) is 12.3. The van der Waals surface area contributed by atoms with E-state index in [1.807, 2.05) is 0 Å². The SMILES string of the molecule is CNC(c1ncccc1OC)C1CCCC(C(F)(F)F)C1. The fraction of sp³-hybridized carbons (Fsp3) is 0.667. The van der Waals surface area contributed by atoms with Crippen molar-refractivity contribution in [1.82, 2.24) is 10.3 Å². The minimum atomic E-state index is -4.11. The van der Waals surface area contributed by atoms with Crippen LogP contribution in [0.1, 0.15) is 37.4 Å². The lowest BCUT2D eigenvalue weighted by atomic mass is 9.76. The van der Waals surface area contributed by atoms with Crippen molar-refractivity contribution in [3.8, 4) is 5.75 Å². The number of alkyl halides is 3. The molecule has 0 amide bonds. The Morgan fingerprint density at radius 1 is 1.38 bits per heavy atom. The zero-order valence-corrected chi connectivity index (χ0v) is 12.3. The molecule has 2 rings (SSSR count). The first kappa shape index (κ1) is 16.1. The van der Waals surface area contributed by atoms with E-state index in [0.29, 0.717) is 17.9 Å². The monoisotopic (exact) mass is 302 g/mol. The van der Waals surface area contributed by atoms with Crippen molar-refractivity contribution >= 4 is 0 Å². The van der Waals surface area contributed by atoms with Gasteiger partial charge in [-0.1, -0.05) is 6.42 Å². The molecule has 0 spiro atoms. The van der Waals surface area contributed by atoms with Crippen molar-refractivity contribution in [2.75, 3.05) is 14.2 Å². The van der Waals surface area contributed by atoms with Gasteiger partial charge >= 0.3 is 6.18 Å². The van der Waals surface area contributed by atoms with Crippen molar-refractivity contribution in [2.24, 2.45) is 11.8 Å². The quantitative estimate of drug-likeness (QED) is 0.920. The van der Waals surface area contributed by atoms with Gasteiger partial charge in [0.05, 0.1) is 24.8 Å². The summed E-state index contributed by atoms with van der Waals surface area (Å²) < 4.78 is 44.2. The molecule has 1 aliphatic carbocycles. The summed E-state index contributed by atoms with van der Waals surface area (Å²) in [5.74, 6) is -0.674. The van der Waals surface area contributed by atoms with Crippen molar-refractivity contribution in [1.29, 1.82) is 0 Å². The van der Waals surface area contributed by atoms with Crippen LogP contribution < -0.4 is 10.1 Å². The largest absolute Gasteiger partial charge is 0.495 e. The highest BCUT2D eigenvalue weighted by atomic mass is 19.4. The lowest BCUT2D eigenvalue weighted by Crippen LogP contribution is -2.35. The Morgan fingerprint density at radius 3 is 2.76 bits per heavy atom. The van der Waals surface area contributed by atoms with Gasteiger partial charge in [0.2, 0.25) is 0 Å². The number of hydrogen-bond donors (Lipinski definition) is 1. The summed E-state index contributed by atoms with van der Waals surface area (Å²) in [6.45, 7) is 0. The molecule has 0 aromatic carbocycles. The fourth-order valence-electron chi connectivity index (χ4n) is 3.23. The van der Waals surface area contributed by atoms with Crippen LogP contribution in [0.15, 0.2) is 18.3 Å². The molecule has 3 nitrogen and oxygen atoms in total. The number of aromatic nitrogens is 1. The second kappa shape index (κ2) is 6.64. The van der Waals surface area contributed by atoms with Gasteiger partial charge in [0.1, 0.15) is 5.75 Å². The number of rotatable bonds is 4. The maximum Gasteiger partial charge on any atom is 0.391 e. The maximum atomic E-state index is 13.0. The van der Waals surface area contributed by atoms with Gasteiger partial charge in [0, 0.05) is 6.20 Å². The minimum absolute atomic E-state index is 0.0841. The first-order valence-electron chi connectivity index (χ1n) is 7.20. The second-order valence-electron chi connectivity index (χ2n) is 5.52. The van der Waals surface area contributed by atoms with Gasteiger partial charge in [0.25, 0.3) is 0 Å². The Morgan fingerprint density at radius 2 is 2.14 bits per heavy atom. The third-order valence-electron chi connectivity index (χ3n) is 4.27. The Hall–Kier alpha value is -1.30. The van der Waals surface area contributed by atoms with E-state index in [2.05, 4.69) is 10.3 Å². The van der Waals surface area contributed by atoms with Gasteiger partial charge in [-0.3, -0.25) is 4.98 Å². The average Bonchev–Trinajstić information content (AvgIpc) is 2.48. The summed E-state index contributed by atoms with van der Waals surface area (Å²) >= 11 is 0. The van der Waals surface area contributed by atoms with Crippen LogP contribution in [-0.4, -0.2) is 25.3 Å². The molecule has 1 aromatic rings. The molecule has 0 saturated heterocycles. The van der Waals surface area contributed by atoms with Gasteiger partial charge in [-0.15, -0.1) is 0 Å². The third kappa shape index (κ3) is 3.67. The summed E-state index contributed by atoms with van der Waals surface area (Å²) in [7, 11) is 3.31. The molecule has 1 heterocycles. The Balaban J connectivity index is 2.21. The van der Waals surface area contributed by atoms with Crippen LogP contribution >= 0.6 is 0 Å². The fourth-order valence-corrected chi connectivity index (χ4v) is 3.23. The van der Waals surface area contributed by atoms with E-state index in [0.717, 1.165) is 6.42 Å². The van der Waals surface area contributed by atoms with E-state index < -0.39 is 12.1 Å². The number of nitrogens with one attached hydrogen (secondary N) is 1. The molecule has 3 unspecified atom stereocenters. The minimum Gasteiger partial charge on any atom is -0.495 e. The summed E-state index contributed by atoms with van der Waals surface area (Å²) in [6, 6.07) is 3.33. The molecule has 0 bridgehead atoms. The molecule has 0 radical (unpaired) electrons. The first-order chi connectivity index (χ1) is 9.97. The molecule has 6 heteroatoms. The molecule has 3 atom stereocenters. The smallest absolute Gasteiger partial charge is 0.391 e. The van der Waals surface area contributed by atoms with Crippen LogP contribution in [0.4, 0.5) is 13.2 Å². The predicted molar refractivity (Wildman–Crippen MR) is 74.1 cm³/mol. The third-order valence-corrected chi connectivity index (χ3v) is 4.27. The lowest BCUT2D eigenvalue weighted by Gasteiger charge is -2.35. The molecule has 21 heavy (non-hydrogen) atoms. The molecule has 1 N–H and O–H groups in total. The number of hydrogen-bond acceptors (Lipinski definition) is 3. The van der Waals surface area contributed by atoms with E-state index in [4.69, 9.17) is 4.74 Å². The summed E-state index contributed by atoms with van der Waals surface area (Å²) in [5.41, 5.74) is 0.690. The van der Waals surface area contributed by atoms with E-state index in [9.17, 15) is 13.2 Å². The molecule has 0 aliphatic heterocycles. The normalized spacial score (nSPS) is 24.6. The maximum absolute atomic E-state index is 13.0. The average molecular weight is 302 g/mol. The standard InChI is InChI=1S/C15H21F3N2O/c1-19-13(14-12(21-2)7-4-8-20-14)10-5-3-6-11(9-10)15(16,17)18/h4,7-8,10-11,13,19H,3,5-6,9H2,1-2H3. The highest BCUT2D eigenvalue weighted by Crippen LogP contribution is 2.44. The van der Waals surface area contributed by atoms with Crippen LogP contribution in [0.5, 0.6) is 5.75 Å². The molecular formula is C15H21F3N2O. The van der Waals surface area contributed by atoms with Crippen LogP contribution in [0, 0.1) is 11.8 Å². The summed E-state index contributed by atoms with van der Waals surface area (Å²) in [6.07, 6.45) is -0.706. The van der Waals surface area contributed by atoms with Gasteiger partial charge in [-0.25, -0.2) is 0 Å². The number of pyridine rings is 1. The van der Waals surface area contributed by atoms with Crippen molar-refractivity contribution in [3.63, 3.8) is 0 Å². The highest BCUT2D eigenvalue weighted by molar-refractivity contribution is 5.30. The van der Waals surface area contributed by atoms with Gasteiger partial charge in [-0.05, 0) is 44.4 Å². The van der Waals surface area contributed by atoms with Crippen molar-refractivity contribution in [3.05, 3.63) is 24.0 Å². The van der Waals surface area contributed by atoms with Crippen LogP contribution in [0.3, 0.4) is 0 Å². The van der Waals surface area contributed by atoms with Gasteiger partial charge < -0.3 is 10.1 Å². The molecular weight excluding hydrogens is 281 g/mol. The Bertz CT molecular complexity index is 464. The highest BCUT2D eigenvalue weighted by Gasteiger charge is 2.44. The zero-order chi connectivity index (χ0) is 15.5. The second-order valence-corrected chi connectivity index (χ2v) is 5.52. The number of methoxy groups -OCH3 is 1. The molecule has 1 saturated carbocycles. The number of halogens is 3. The summed E-state index contributed by atoms with van der Waals surface area (Å²) in [5, 5.41) is 3.12. The number of nitrogens with zero attached hydrogens (tertiary/aromatic N) is 1. The lowest BCUT2D eigenvalue weighted by molar-refractivity contribution is -0.186. The van der Waals surface area contributed by atoms with Crippen molar-refractivity contribution < 1.29 is 17.9 Å². The summed E-state index contributed by atoms with van der Waals surface area (Å²) in [4.78, 5) is 4.31. The van der Waals surface area contributed by atoms with E-state index in [1.54, 1.807) is 32.5 Å².